The first-order valence-electron chi connectivity index (χ1n) is 10.00. The van der Waals surface area contributed by atoms with Crippen LogP contribution >= 0.6 is 0 Å². The summed E-state index contributed by atoms with van der Waals surface area (Å²) in [7, 11) is -3.65. The number of amides is 2. The molecule has 0 atom stereocenters. The number of hydrogen-bond acceptors (Lipinski definition) is 7. The Balaban J connectivity index is 1.44. The van der Waals surface area contributed by atoms with E-state index < -0.39 is 34.4 Å². The maximum atomic E-state index is 12.6. The summed E-state index contributed by atoms with van der Waals surface area (Å²) in [5, 5.41) is 5.22. The zero-order valence-corrected chi connectivity index (χ0v) is 18.3. The number of hydrogen-bond donors (Lipinski definition) is 2. The third-order valence-electron chi connectivity index (χ3n) is 4.89. The minimum atomic E-state index is -3.65. The predicted octanol–water partition coefficient (Wildman–Crippen LogP) is 1.62. The van der Waals surface area contributed by atoms with Crippen molar-refractivity contribution >= 4 is 39.2 Å². The molecule has 0 spiro atoms. The summed E-state index contributed by atoms with van der Waals surface area (Å²) >= 11 is 0. The molecule has 0 saturated carbocycles. The lowest BCUT2D eigenvalue weighted by Gasteiger charge is -2.29. The number of carbonyl (C=O) groups is 3. The van der Waals surface area contributed by atoms with Crippen LogP contribution in [-0.4, -0.2) is 55.2 Å². The minimum absolute atomic E-state index is 0.114. The van der Waals surface area contributed by atoms with Crippen LogP contribution in [0, 0.1) is 5.92 Å². The van der Waals surface area contributed by atoms with Crippen molar-refractivity contribution in [1.29, 1.82) is 0 Å². The number of carbonyl (C=O) groups excluding carboxylic acids is 3. The molecule has 0 radical (unpaired) electrons. The molecule has 1 aromatic carbocycles. The molecule has 0 unspecified atom stereocenters. The molecule has 1 saturated heterocycles. The van der Waals surface area contributed by atoms with Crippen molar-refractivity contribution in [3.05, 3.63) is 48.8 Å². The highest BCUT2D eigenvalue weighted by Crippen LogP contribution is 2.24. The van der Waals surface area contributed by atoms with Gasteiger partial charge >= 0.3 is 5.97 Å². The first-order valence-corrected chi connectivity index (χ1v) is 11.4. The number of nitrogens with zero attached hydrogens (tertiary/aromatic N) is 2. The molecule has 2 N–H and O–H groups in total. The highest BCUT2D eigenvalue weighted by Gasteiger charge is 2.33. The number of rotatable bonds is 7. The Morgan fingerprint density at radius 3 is 2.25 bits per heavy atom. The van der Waals surface area contributed by atoms with Crippen molar-refractivity contribution in [2.45, 2.75) is 24.7 Å². The van der Waals surface area contributed by atoms with Gasteiger partial charge in [-0.3, -0.25) is 19.4 Å². The van der Waals surface area contributed by atoms with Crippen LogP contribution in [0.1, 0.15) is 19.8 Å². The summed E-state index contributed by atoms with van der Waals surface area (Å²) in [6.45, 7) is 1.32. The van der Waals surface area contributed by atoms with Crippen molar-refractivity contribution in [3.63, 3.8) is 0 Å². The molecular weight excluding hydrogens is 436 g/mol. The van der Waals surface area contributed by atoms with Gasteiger partial charge in [-0.2, -0.15) is 4.31 Å². The van der Waals surface area contributed by atoms with Gasteiger partial charge in [0.1, 0.15) is 4.90 Å². The van der Waals surface area contributed by atoms with Crippen LogP contribution in [0.25, 0.3) is 0 Å². The van der Waals surface area contributed by atoms with Gasteiger partial charge in [0.25, 0.3) is 5.91 Å². The van der Waals surface area contributed by atoms with Gasteiger partial charge in [0.05, 0.1) is 5.92 Å². The van der Waals surface area contributed by atoms with E-state index in [-0.39, 0.29) is 23.9 Å². The number of ether oxygens (including phenoxy) is 1. The molecule has 1 fully saturated rings. The van der Waals surface area contributed by atoms with E-state index in [4.69, 9.17) is 4.74 Å². The quantitative estimate of drug-likeness (QED) is 0.600. The number of aromatic nitrogens is 1. The third kappa shape index (κ3) is 6.11. The Hall–Kier alpha value is -3.31. The van der Waals surface area contributed by atoms with E-state index in [1.54, 1.807) is 30.3 Å². The number of sulfonamides is 1. The molecule has 1 aromatic heterocycles. The molecule has 2 heterocycles. The summed E-state index contributed by atoms with van der Waals surface area (Å²) in [4.78, 5) is 39.3. The Morgan fingerprint density at radius 1 is 1.06 bits per heavy atom. The molecular formula is C21H24N4O6S. The molecule has 170 valence electrons. The number of nitrogens with one attached hydrogen (secondary N) is 2. The van der Waals surface area contributed by atoms with E-state index in [1.165, 1.54) is 29.7 Å². The molecule has 10 nitrogen and oxygen atoms in total. The highest BCUT2D eigenvalue weighted by molar-refractivity contribution is 7.89. The van der Waals surface area contributed by atoms with Crippen LogP contribution in [0.4, 0.5) is 11.4 Å². The zero-order valence-electron chi connectivity index (χ0n) is 17.5. The predicted molar refractivity (Wildman–Crippen MR) is 116 cm³/mol. The summed E-state index contributed by atoms with van der Waals surface area (Å²) in [6.07, 6.45) is 3.41. The zero-order chi connectivity index (χ0) is 23.1. The smallest absolute Gasteiger partial charge is 0.309 e. The van der Waals surface area contributed by atoms with Gasteiger partial charge in [-0.1, -0.05) is 0 Å². The fourth-order valence-corrected chi connectivity index (χ4v) is 4.71. The standard InChI is InChI=1S/C21H24N4O6S/c1-15(26)23-17-4-6-18(7-5-17)24-20(27)14-31-21(28)16-8-11-25(12-9-16)32(29,30)19-3-2-10-22-13-19/h2-7,10,13,16H,8-9,11-12,14H2,1H3,(H,23,26)(H,24,27). The number of pyridine rings is 1. The lowest BCUT2D eigenvalue weighted by atomic mass is 9.98. The van der Waals surface area contributed by atoms with E-state index in [0.717, 1.165) is 0 Å². The van der Waals surface area contributed by atoms with Gasteiger partial charge in [0, 0.05) is 43.8 Å². The SMILES string of the molecule is CC(=O)Nc1ccc(NC(=O)COC(=O)C2CCN(S(=O)(=O)c3cccnc3)CC2)cc1. The van der Waals surface area contributed by atoms with Gasteiger partial charge in [-0.25, -0.2) is 8.42 Å². The van der Waals surface area contributed by atoms with Gasteiger partial charge in [-0.15, -0.1) is 0 Å². The molecule has 2 amide bonds. The average molecular weight is 461 g/mol. The maximum Gasteiger partial charge on any atom is 0.309 e. The lowest BCUT2D eigenvalue weighted by molar-refractivity contribution is -0.152. The van der Waals surface area contributed by atoms with Crippen molar-refractivity contribution in [2.75, 3.05) is 30.3 Å². The number of esters is 1. The van der Waals surface area contributed by atoms with Crippen molar-refractivity contribution in [3.8, 4) is 0 Å². The monoisotopic (exact) mass is 460 g/mol. The van der Waals surface area contributed by atoms with E-state index in [0.29, 0.717) is 24.2 Å². The van der Waals surface area contributed by atoms with Gasteiger partial charge in [0.2, 0.25) is 15.9 Å². The van der Waals surface area contributed by atoms with E-state index >= 15 is 0 Å². The van der Waals surface area contributed by atoms with Crippen LogP contribution in [0.15, 0.2) is 53.7 Å². The fourth-order valence-electron chi connectivity index (χ4n) is 3.27. The van der Waals surface area contributed by atoms with Crippen LogP contribution in [0.3, 0.4) is 0 Å². The molecule has 11 heteroatoms. The van der Waals surface area contributed by atoms with Gasteiger partial charge in [-0.05, 0) is 49.2 Å². The van der Waals surface area contributed by atoms with Crippen LogP contribution < -0.4 is 10.6 Å². The molecule has 3 rings (SSSR count). The van der Waals surface area contributed by atoms with E-state index in [9.17, 15) is 22.8 Å². The summed E-state index contributed by atoms with van der Waals surface area (Å²) in [6, 6.07) is 9.54. The first-order chi connectivity index (χ1) is 15.3. The van der Waals surface area contributed by atoms with Crippen molar-refractivity contribution in [2.24, 2.45) is 5.92 Å². The summed E-state index contributed by atoms with van der Waals surface area (Å²) in [5.41, 5.74) is 1.09. The van der Waals surface area contributed by atoms with Gasteiger partial charge < -0.3 is 15.4 Å². The summed E-state index contributed by atoms with van der Waals surface area (Å²) < 4.78 is 31.7. The van der Waals surface area contributed by atoms with Gasteiger partial charge in [0.15, 0.2) is 6.61 Å². The van der Waals surface area contributed by atoms with Crippen molar-refractivity contribution < 1.29 is 27.5 Å². The fraction of sp³-hybridized carbons (Fsp3) is 0.333. The Morgan fingerprint density at radius 2 is 1.69 bits per heavy atom. The van der Waals surface area contributed by atoms with Crippen LogP contribution in [0.5, 0.6) is 0 Å². The highest BCUT2D eigenvalue weighted by atomic mass is 32.2. The molecule has 1 aliphatic rings. The topological polar surface area (TPSA) is 135 Å². The Bertz CT molecular complexity index is 1070. The normalized spacial score (nSPS) is 15.0. The number of anilines is 2. The molecule has 32 heavy (non-hydrogen) atoms. The lowest BCUT2D eigenvalue weighted by Crippen LogP contribution is -2.40. The summed E-state index contributed by atoms with van der Waals surface area (Å²) in [5.74, 6) is -1.70. The number of benzene rings is 1. The van der Waals surface area contributed by atoms with E-state index in [1.807, 2.05) is 0 Å². The largest absolute Gasteiger partial charge is 0.455 e. The molecule has 1 aliphatic heterocycles. The second-order valence-corrected chi connectivity index (χ2v) is 9.22. The number of piperidine rings is 1. The molecule has 0 bridgehead atoms. The maximum absolute atomic E-state index is 12.6. The third-order valence-corrected chi connectivity index (χ3v) is 6.78. The molecule has 0 aliphatic carbocycles. The Labute approximate surface area is 186 Å². The Kier molecular flexibility index (Phi) is 7.54. The first kappa shape index (κ1) is 23.4. The molecule has 2 aromatic rings. The minimum Gasteiger partial charge on any atom is -0.455 e. The van der Waals surface area contributed by atoms with Crippen molar-refractivity contribution in [1.82, 2.24) is 9.29 Å². The van der Waals surface area contributed by atoms with Crippen LogP contribution in [0.2, 0.25) is 0 Å². The average Bonchev–Trinajstić information content (AvgIpc) is 2.79. The second kappa shape index (κ2) is 10.3. The van der Waals surface area contributed by atoms with E-state index in [2.05, 4.69) is 15.6 Å². The second-order valence-electron chi connectivity index (χ2n) is 7.28. The van der Waals surface area contributed by atoms with Crippen LogP contribution in [-0.2, 0) is 29.1 Å².